The number of anilines is 1. The van der Waals surface area contributed by atoms with E-state index >= 15 is 4.39 Å². The topological polar surface area (TPSA) is 105 Å². The first-order valence-corrected chi connectivity index (χ1v) is 11.5. The van der Waals surface area contributed by atoms with Gasteiger partial charge >= 0.3 is 5.97 Å². The fraction of sp³-hybridized carbons (Fsp3) is 0.400. The lowest BCUT2D eigenvalue weighted by Crippen LogP contribution is -2.35. The van der Waals surface area contributed by atoms with Crippen molar-refractivity contribution < 1.29 is 24.1 Å². The lowest BCUT2D eigenvalue weighted by molar-refractivity contribution is 0.0692. The Morgan fingerprint density at radius 2 is 2.09 bits per heavy atom. The van der Waals surface area contributed by atoms with Gasteiger partial charge in [-0.3, -0.25) is 4.79 Å². The first kappa shape index (κ1) is 22.3. The molecule has 34 heavy (non-hydrogen) atoms. The number of aliphatic hydroxyl groups is 1. The molecule has 1 aromatic carbocycles. The first-order chi connectivity index (χ1) is 16.5. The van der Waals surface area contributed by atoms with Crippen LogP contribution in [-0.4, -0.2) is 51.5 Å². The molecule has 2 aromatic heterocycles. The average molecular weight is 467 g/mol. The zero-order valence-corrected chi connectivity index (χ0v) is 18.6. The van der Waals surface area contributed by atoms with Crippen LogP contribution >= 0.6 is 0 Å². The molecule has 178 valence electrons. The van der Waals surface area contributed by atoms with Gasteiger partial charge in [-0.1, -0.05) is 6.07 Å². The molecule has 0 spiro atoms. The van der Waals surface area contributed by atoms with Crippen LogP contribution in [0, 0.1) is 11.7 Å². The molecule has 1 saturated heterocycles. The third-order valence-electron chi connectivity index (χ3n) is 6.94. The summed E-state index contributed by atoms with van der Waals surface area (Å²) in [4.78, 5) is 30.6. The molecule has 1 aliphatic carbocycles. The van der Waals surface area contributed by atoms with Gasteiger partial charge in [0.15, 0.2) is 0 Å². The van der Waals surface area contributed by atoms with Crippen molar-refractivity contribution >= 4 is 22.6 Å². The van der Waals surface area contributed by atoms with Crippen molar-refractivity contribution in [3.8, 4) is 5.88 Å². The Morgan fingerprint density at radius 3 is 2.79 bits per heavy atom. The predicted octanol–water partition coefficient (Wildman–Crippen LogP) is 3.23. The highest BCUT2D eigenvalue weighted by molar-refractivity contribution is 5.93. The maximum Gasteiger partial charge on any atom is 0.341 e. The normalized spacial score (nSPS) is 22.1. The van der Waals surface area contributed by atoms with Gasteiger partial charge in [0.05, 0.1) is 17.2 Å². The second kappa shape index (κ2) is 9.06. The van der Waals surface area contributed by atoms with Crippen molar-refractivity contribution in [2.75, 3.05) is 24.7 Å². The van der Waals surface area contributed by atoms with E-state index in [1.165, 1.54) is 6.20 Å². The standard InChI is InChI=1S/C25H26FN3O5/c26-20-10-18-21(29(17-8-15(9-17)13-30)12-19(24(18)31)25(32)33)11-22(20)28-7-3-4-16(28)14-34-23-5-1-2-6-27-23/h1-2,5-6,10-12,15-17,30H,3-4,7-9,13-14H2,(H,32,33)/t15?,16-,17?/m1/s1. The molecular weight excluding hydrogens is 441 g/mol. The second-order valence-electron chi connectivity index (χ2n) is 9.05. The number of carbonyl (C=O) groups is 1. The number of benzene rings is 1. The molecule has 3 aromatic rings. The Kier molecular flexibility index (Phi) is 5.95. The minimum atomic E-state index is -1.34. The van der Waals surface area contributed by atoms with Crippen LogP contribution in [0.25, 0.3) is 10.9 Å². The summed E-state index contributed by atoms with van der Waals surface area (Å²) in [5.41, 5.74) is -0.202. The summed E-state index contributed by atoms with van der Waals surface area (Å²) in [5, 5.41) is 19.0. The van der Waals surface area contributed by atoms with Crippen molar-refractivity contribution in [3.63, 3.8) is 0 Å². The van der Waals surface area contributed by atoms with Crippen molar-refractivity contribution in [1.29, 1.82) is 0 Å². The van der Waals surface area contributed by atoms with E-state index < -0.39 is 17.2 Å². The Morgan fingerprint density at radius 1 is 1.26 bits per heavy atom. The Hall–Kier alpha value is -3.46. The first-order valence-electron chi connectivity index (χ1n) is 11.5. The quantitative estimate of drug-likeness (QED) is 0.550. The number of carboxylic acids is 1. The number of aromatic carboxylic acids is 1. The van der Waals surface area contributed by atoms with Crippen LogP contribution < -0.4 is 15.1 Å². The monoisotopic (exact) mass is 467 g/mol. The predicted molar refractivity (Wildman–Crippen MR) is 124 cm³/mol. The molecule has 1 saturated carbocycles. The van der Waals surface area contributed by atoms with Gasteiger partial charge in [-0.25, -0.2) is 14.2 Å². The lowest BCUT2D eigenvalue weighted by Gasteiger charge is -2.37. The Bertz CT molecular complexity index is 1270. The van der Waals surface area contributed by atoms with Crippen LogP contribution in [0.3, 0.4) is 0 Å². The smallest absolute Gasteiger partial charge is 0.341 e. The third kappa shape index (κ3) is 4.00. The van der Waals surface area contributed by atoms with Crippen LogP contribution in [0.15, 0.2) is 47.5 Å². The van der Waals surface area contributed by atoms with Gasteiger partial charge in [-0.05, 0) is 49.8 Å². The molecule has 0 radical (unpaired) electrons. The zero-order valence-electron chi connectivity index (χ0n) is 18.6. The van der Waals surface area contributed by atoms with Crippen LogP contribution in [-0.2, 0) is 0 Å². The van der Waals surface area contributed by atoms with Gasteiger partial charge in [0.1, 0.15) is 18.0 Å². The summed E-state index contributed by atoms with van der Waals surface area (Å²) < 4.78 is 22.9. The minimum Gasteiger partial charge on any atom is -0.477 e. The van der Waals surface area contributed by atoms with E-state index in [2.05, 4.69) is 4.98 Å². The molecule has 0 unspecified atom stereocenters. The van der Waals surface area contributed by atoms with Crippen molar-refractivity contribution in [2.24, 2.45) is 5.92 Å². The number of fused-ring (bicyclic) bond motifs is 1. The second-order valence-corrected chi connectivity index (χ2v) is 9.05. The molecule has 2 N–H and O–H groups in total. The number of hydrogen-bond acceptors (Lipinski definition) is 6. The van der Waals surface area contributed by atoms with Gasteiger partial charge < -0.3 is 24.4 Å². The van der Waals surface area contributed by atoms with E-state index in [-0.39, 0.29) is 35.6 Å². The molecule has 0 bridgehead atoms. The molecule has 1 atom stereocenters. The molecule has 8 nitrogen and oxygen atoms in total. The van der Waals surface area contributed by atoms with Crippen LogP contribution in [0.2, 0.25) is 0 Å². The maximum atomic E-state index is 15.3. The fourth-order valence-electron chi connectivity index (χ4n) is 5.05. The Labute approximate surface area is 195 Å². The molecule has 5 rings (SSSR count). The summed E-state index contributed by atoms with van der Waals surface area (Å²) in [6, 6.07) is 8.11. The van der Waals surface area contributed by atoms with Crippen molar-refractivity contribution in [3.05, 3.63) is 64.3 Å². The fourth-order valence-corrected chi connectivity index (χ4v) is 5.05. The highest BCUT2D eigenvalue weighted by atomic mass is 19.1. The number of carboxylic acid groups (broad SMARTS) is 1. The van der Waals surface area contributed by atoms with E-state index in [4.69, 9.17) is 4.74 Å². The van der Waals surface area contributed by atoms with E-state index in [0.717, 1.165) is 18.9 Å². The number of nitrogens with zero attached hydrogens (tertiary/aromatic N) is 3. The summed E-state index contributed by atoms with van der Waals surface area (Å²) in [6.07, 6.45) is 6.06. The number of aliphatic hydroxyl groups excluding tert-OH is 1. The number of ether oxygens (including phenoxy) is 1. The van der Waals surface area contributed by atoms with Crippen LogP contribution in [0.1, 0.15) is 42.1 Å². The Balaban J connectivity index is 1.53. The molecule has 2 fully saturated rings. The van der Waals surface area contributed by atoms with Gasteiger partial charge in [0, 0.05) is 43.0 Å². The summed E-state index contributed by atoms with van der Waals surface area (Å²) in [7, 11) is 0. The summed E-state index contributed by atoms with van der Waals surface area (Å²) >= 11 is 0. The molecule has 1 aliphatic heterocycles. The van der Waals surface area contributed by atoms with Crippen LogP contribution in [0.5, 0.6) is 5.88 Å². The molecule has 9 heteroatoms. The number of pyridine rings is 2. The van der Waals surface area contributed by atoms with E-state index in [1.54, 1.807) is 29.0 Å². The van der Waals surface area contributed by atoms with Crippen molar-refractivity contribution in [2.45, 2.75) is 37.8 Å². The van der Waals surface area contributed by atoms with E-state index in [0.29, 0.717) is 43.1 Å². The SMILES string of the molecule is O=C(O)c1cn(C2CC(CO)C2)c2cc(N3CCC[C@@H]3COc3ccccn3)c(F)cc2c1=O. The molecule has 2 aliphatic rings. The van der Waals surface area contributed by atoms with Crippen molar-refractivity contribution in [1.82, 2.24) is 9.55 Å². The highest BCUT2D eigenvalue weighted by Crippen LogP contribution is 2.40. The minimum absolute atomic E-state index is 0.0501. The number of hydrogen-bond donors (Lipinski definition) is 2. The lowest BCUT2D eigenvalue weighted by atomic mass is 9.80. The van der Waals surface area contributed by atoms with Crippen LogP contribution in [0.4, 0.5) is 10.1 Å². The van der Waals surface area contributed by atoms with Gasteiger partial charge in [0.25, 0.3) is 0 Å². The summed E-state index contributed by atoms with van der Waals surface area (Å²) in [5.74, 6) is -1.26. The number of halogens is 1. The third-order valence-corrected chi connectivity index (χ3v) is 6.94. The maximum absolute atomic E-state index is 15.3. The van der Waals surface area contributed by atoms with E-state index in [1.807, 2.05) is 11.0 Å². The largest absolute Gasteiger partial charge is 0.477 e. The zero-order chi connectivity index (χ0) is 23.8. The molecular formula is C25H26FN3O5. The average Bonchev–Trinajstić information content (AvgIpc) is 3.27. The number of rotatable bonds is 7. The molecule has 0 amide bonds. The van der Waals surface area contributed by atoms with Gasteiger partial charge in [0.2, 0.25) is 11.3 Å². The molecule has 3 heterocycles. The van der Waals surface area contributed by atoms with E-state index in [9.17, 15) is 19.8 Å². The summed E-state index contributed by atoms with van der Waals surface area (Å²) in [6.45, 7) is 1.05. The number of aromatic nitrogens is 2. The van der Waals surface area contributed by atoms with Gasteiger partial charge in [-0.2, -0.15) is 0 Å². The van der Waals surface area contributed by atoms with Gasteiger partial charge in [-0.15, -0.1) is 0 Å². The highest BCUT2D eigenvalue weighted by Gasteiger charge is 2.33.